The van der Waals surface area contributed by atoms with E-state index in [-0.39, 0.29) is 11.2 Å². The van der Waals surface area contributed by atoms with Crippen molar-refractivity contribution in [2.24, 2.45) is 5.92 Å². The lowest BCUT2D eigenvalue weighted by Crippen LogP contribution is -2.50. The van der Waals surface area contributed by atoms with Crippen molar-refractivity contribution in [2.75, 3.05) is 5.32 Å². The van der Waals surface area contributed by atoms with Crippen molar-refractivity contribution < 1.29 is 4.79 Å². The Bertz CT molecular complexity index is 982. The molecule has 0 bridgehead atoms. The number of carbonyl (C=O) groups excluding carboxylic acids is 1. The van der Waals surface area contributed by atoms with E-state index in [0.29, 0.717) is 5.02 Å². The van der Waals surface area contributed by atoms with Crippen LogP contribution < -0.4 is 5.32 Å². The molecule has 0 aliphatic heterocycles. The van der Waals surface area contributed by atoms with Gasteiger partial charge >= 0.3 is 0 Å². The average molecular weight is 450 g/mol. The summed E-state index contributed by atoms with van der Waals surface area (Å²) in [6.45, 7) is 1.75. The van der Waals surface area contributed by atoms with E-state index in [2.05, 4.69) is 23.5 Å². The molecule has 2 fully saturated rings. The molecule has 0 heterocycles. The van der Waals surface area contributed by atoms with Crippen molar-refractivity contribution >= 4 is 23.1 Å². The van der Waals surface area contributed by atoms with E-state index in [1.165, 1.54) is 56.9 Å². The molecule has 3 heteroatoms. The SMILES string of the molecule is CC(=O)C1(Nc2cccc(Cl)c2)CCC2(CCc3ccc(CCC4CCCC4)cc32)CC1. The number of ketones is 1. The Labute approximate surface area is 198 Å². The third kappa shape index (κ3) is 4.23. The smallest absolute Gasteiger partial charge is 0.155 e. The average Bonchev–Trinajstić information content (AvgIpc) is 3.43. The molecule has 5 rings (SSSR count). The Morgan fingerprint density at radius 1 is 1.03 bits per heavy atom. The van der Waals surface area contributed by atoms with Gasteiger partial charge in [0.1, 0.15) is 0 Å². The summed E-state index contributed by atoms with van der Waals surface area (Å²) in [7, 11) is 0. The Hall–Kier alpha value is -1.80. The quantitative estimate of drug-likeness (QED) is 0.490. The zero-order chi connectivity index (χ0) is 22.2. The van der Waals surface area contributed by atoms with Gasteiger partial charge in [0.05, 0.1) is 5.54 Å². The molecule has 2 saturated carbocycles. The maximum Gasteiger partial charge on any atom is 0.155 e. The lowest BCUT2D eigenvalue weighted by atomic mass is 9.63. The molecule has 2 aromatic rings. The molecule has 2 aromatic carbocycles. The number of hydrogen-bond acceptors (Lipinski definition) is 2. The van der Waals surface area contributed by atoms with E-state index >= 15 is 0 Å². The summed E-state index contributed by atoms with van der Waals surface area (Å²) in [5.74, 6) is 1.19. The summed E-state index contributed by atoms with van der Waals surface area (Å²) in [6, 6.07) is 15.1. The zero-order valence-corrected chi connectivity index (χ0v) is 20.1. The Morgan fingerprint density at radius 3 is 2.53 bits per heavy atom. The molecule has 32 heavy (non-hydrogen) atoms. The lowest BCUT2D eigenvalue weighted by molar-refractivity contribution is -0.122. The molecule has 0 radical (unpaired) electrons. The molecule has 1 spiro atoms. The van der Waals surface area contributed by atoms with Crippen molar-refractivity contribution in [1.29, 1.82) is 0 Å². The highest BCUT2D eigenvalue weighted by molar-refractivity contribution is 6.30. The molecular formula is C29H36ClNO. The number of halogens is 1. The van der Waals surface area contributed by atoms with E-state index in [4.69, 9.17) is 11.6 Å². The summed E-state index contributed by atoms with van der Waals surface area (Å²) in [6.07, 6.45) is 14.7. The van der Waals surface area contributed by atoms with Gasteiger partial charge in [0.2, 0.25) is 0 Å². The molecule has 0 saturated heterocycles. The zero-order valence-electron chi connectivity index (χ0n) is 19.4. The molecule has 0 unspecified atom stereocenters. The molecule has 170 valence electrons. The van der Waals surface area contributed by atoms with Gasteiger partial charge in [-0.2, -0.15) is 0 Å². The predicted molar refractivity (Wildman–Crippen MR) is 134 cm³/mol. The molecule has 1 N–H and O–H groups in total. The summed E-state index contributed by atoms with van der Waals surface area (Å²) in [5.41, 5.74) is 5.41. The van der Waals surface area contributed by atoms with Crippen molar-refractivity contribution in [3.63, 3.8) is 0 Å². The molecule has 3 aliphatic rings. The first-order valence-corrected chi connectivity index (χ1v) is 13.0. The second kappa shape index (κ2) is 8.86. The fourth-order valence-corrected chi connectivity index (χ4v) is 6.94. The van der Waals surface area contributed by atoms with Gasteiger partial charge in [0.25, 0.3) is 0 Å². The van der Waals surface area contributed by atoms with Crippen molar-refractivity contribution in [2.45, 2.75) is 94.9 Å². The van der Waals surface area contributed by atoms with Crippen LogP contribution in [0.15, 0.2) is 42.5 Å². The van der Waals surface area contributed by atoms with Gasteiger partial charge in [-0.25, -0.2) is 0 Å². The van der Waals surface area contributed by atoms with Crippen LogP contribution in [0.1, 0.15) is 87.8 Å². The molecule has 0 aromatic heterocycles. The van der Waals surface area contributed by atoms with Crippen LogP contribution >= 0.6 is 11.6 Å². The molecular weight excluding hydrogens is 414 g/mol. The van der Waals surface area contributed by atoms with Gasteiger partial charge in [-0.15, -0.1) is 0 Å². The van der Waals surface area contributed by atoms with Crippen LogP contribution in [-0.2, 0) is 23.1 Å². The normalized spacial score (nSPS) is 27.6. The highest BCUT2D eigenvalue weighted by atomic mass is 35.5. The highest BCUT2D eigenvalue weighted by Gasteiger charge is 2.48. The summed E-state index contributed by atoms with van der Waals surface area (Å²) < 4.78 is 0. The third-order valence-electron chi connectivity index (χ3n) is 8.88. The fourth-order valence-electron chi connectivity index (χ4n) is 6.75. The number of aryl methyl sites for hydroxylation is 2. The van der Waals surface area contributed by atoms with Gasteiger partial charge < -0.3 is 5.32 Å². The number of fused-ring (bicyclic) bond motifs is 2. The maximum atomic E-state index is 12.8. The van der Waals surface area contributed by atoms with Gasteiger partial charge in [-0.05, 0) is 105 Å². The Balaban J connectivity index is 1.32. The van der Waals surface area contributed by atoms with Crippen LogP contribution in [0.4, 0.5) is 5.69 Å². The second-order valence-corrected chi connectivity index (χ2v) is 11.2. The van der Waals surface area contributed by atoms with Crippen LogP contribution in [-0.4, -0.2) is 11.3 Å². The highest BCUT2D eigenvalue weighted by Crippen LogP contribution is 2.52. The fraction of sp³-hybridized carbons (Fsp3) is 0.552. The number of rotatable bonds is 6. The van der Waals surface area contributed by atoms with Gasteiger partial charge in [0, 0.05) is 10.7 Å². The van der Waals surface area contributed by atoms with E-state index in [1.54, 1.807) is 18.1 Å². The standard InChI is InChI=1S/C29H36ClNO/c1-21(32)29(31-26-8-4-7-25(30)20-26)17-15-28(16-18-29)14-13-24-12-11-23(19-27(24)28)10-9-22-5-2-3-6-22/h4,7-8,11-12,19-20,22,31H,2-3,5-6,9-10,13-18H2,1H3. The molecule has 0 amide bonds. The minimum Gasteiger partial charge on any atom is -0.373 e. The van der Waals surface area contributed by atoms with Crippen LogP contribution in [0.5, 0.6) is 0 Å². The second-order valence-electron chi connectivity index (χ2n) is 10.7. The first kappa shape index (κ1) is 22.0. The summed E-state index contributed by atoms with van der Waals surface area (Å²) >= 11 is 6.20. The van der Waals surface area contributed by atoms with E-state index in [1.807, 2.05) is 24.3 Å². The minimum absolute atomic E-state index is 0.246. The van der Waals surface area contributed by atoms with Crippen molar-refractivity contribution in [3.8, 4) is 0 Å². The van der Waals surface area contributed by atoms with Crippen molar-refractivity contribution in [1.82, 2.24) is 0 Å². The topological polar surface area (TPSA) is 29.1 Å². The third-order valence-corrected chi connectivity index (χ3v) is 9.11. The monoisotopic (exact) mass is 449 g/mol. The van der Waals surface area contributed by atoms with Gasteiger partial charge in [0.15, 0.2) is 5.78 Å². The van der Waals surface area contributed by atoms with Crippen LogP contribution in [0, 0.1) is 5.92 Å². The molecule has 0 atom stereocenters. The van der Waals surface area contributed by atoms with Crippen LogP contribution in [0.25, 0.3) is 0 Å². The maximum absolute atomic E-state index is 12.8. The lowest BCUT2D eigenvalue weighted by Gasteiger charge is -2.45. The van der Waals surface area contributed by atoms with E-state index in [0.717, 1.165) is 37.3 Å². The van der Waals surface area contributed by atoms with Gasteiger partial charge in [-0.1, -0.05) is 61.5 Å². The number of benzene rings is 2. The number of hydrogen-bond donors (Lipinski definition) is 1. The first-order valence-electron chi connectivity index (χ1n) is 12.7. The van der Waals surface area contributed by atoms with Crippen LogP contribution in [0.3, 0.4) is 0 Å². The first-order chi connectivity index (χ1) is 15.5. The van der Waals surface area contributed by atoms with Gasteiger partial charge in [-0.3, -0.25) is 4.79 Å². The van der Waals surface area contributed by atoms with E-state index < -0.39 is 5.54 Å². The minimum atomic E-state index is -0.473. The largest absolute Gasteiger partial charge is 0.373 e. The van der Waals surface area contributed by atoms with Crippen LogP contribution in [0.2, 0.25) is 5.02 Å². The summed E-state index contributed by atoms with van der Waals surface area (Å²) in [4.78, 5) is 12.8. The molecule has 2 nitrogen and oxygen atoms in total. The Kier molecular flexibility index (Phi) is 6.09. The molecule has 3 aliphatic carbocycles. The van der Waals surface area contributed by atoms with E-state index in [9.17, 15) is 4.79 Å². The Morgan fingerprint density at radius 2 is 1.81 bits per heavy atom. The number of anilines is 1. The predicted octanol–water partition coefficient (Wildman–Crippen LogP) is 7.66. The number of Topliss-reactive ketones (excluding diaryl/α,β-unsaturated/α-hetero) is 1. The number of carbonyl (C=O) groups is 1. The summed E-state index contributed by atoms with van der Waals surface area (Å²) in [5, 5.41) is 4.30. The van der Waals surface area contributed by atoms with Crippen molar-refractivity contribution in [3.05, 3.63) is 64.2 Å². The number of nitrogens with one attached hydrogen (secondary N) is 1.